The Labute approximate surface area is 103 Å². The number of hydrogen-bond acceptors (Lipinski definition) is 4. The quantitative estimate of drug-likeness (QED) is 0.528. The van der Waals surface area contributed by atoms with Gasteiger partial charge in [0.15, 0.2) is 0 Å². The fraction of sp³-hybridized carbons (Fsp3) is 0.923. The summed E-state index contributed by atoms with van der Waals surface area (Å²) < 4.78 is 16.4. The van der Waals surface area contributed by atoms with Crippen LogP contribution < -0.4 is 0 Å². The van der Waals surface area contributed by atoms with E-state index in [1.807, 2.05) is 6.92 Å². The first-order chi connectivity index (χ1) is 7.89. The Kier molecular flexibility index (Phi) is 3.21. The summed E-state index contributed by atoms with van der Waals surface area (Å²) in [6.07, 6.45) is 3.13. The van der Waals surface area contributed by atoms with E-state index >= 15 is 0 Å². The van der Waals surface area contributed by atoms with E-state index in [-0.39, 0.29) is 17.7 Å². The molecular formula is C13H22O4. The Morgan fingerprint density at radius 1 is 1.59 bits per heavy atom. The van der Waals surface area contributed by atoms with Gasteiger partial charge in [-0.25, -0.2) is 0 Å². The summed E-state index contributed by atoms with van der Waals surface area (Å²) in [5.41, 5.74) is -0.437. The standard InChI is InChI=1S/C13H22O4/c1-5-12(3)10(17-12)6-7-13(4,11-8-15-11)16-9(2)14/h10-11H,5-8H2,1-4H3. The molecule has 98 valence electrons. The van der Waals surface area contributed by atoms with Crippen LogP contribution in [0.1, 0.15) is 47.0 Å². The minimum Gasteiger partial charge on any atom is -0.457 e. The predicted octanol–water partition coefficient (Wildman–Crippen LogP) is 2.05. The molecule has 4 atom stereocenters. The van der Waals surface area contributed by atoms with Crippen molar-refractivity contribution >= 4 is 5.97 Å². The van der Waals surface area contributed by atoms with Gasteiger partial charge in [0.2, 0.25) is 0 Å². The first kappa shape index (κ1) is 12.8. The molecule has 2 heterocycles. The summed E-state index contributed by atoms with van der Waals surface area (Å²) in [6.45, 7) is 8.37. The molecule has 0 aliphatic carbocycles. The van der Waals surface area contributed by atoms with Crippen LogP contribution in [0.3, 0.4) is 0 Å². The highest BCUT2D eigenvalue weighted by atomic mass is 16.6. The normalized spacial score (nSPS) is 38.4. The monoisotopic (exact) mass is 242 g/mol. The third kappa shape index (κ3) is 2.80. The lowest BCUT2D eigenvalue weighted by Gasteiger charge is -2.27. The van der Waals surface area contributed by atoms with E-state index in [0.29, 0.717) is 12.7 Å². The van der Waals surface area contributed by atoms with Gasteiger partial charge in [-0.05, 0) is 33.1 Å². The molecule has 4 nitrogen and oxygen atoms in total. The van der Waals surface area contributed by atoms with E-state index < -0.39 is 5.60 Å². The molecule has 0 radical (unpaired) electrons. The molecule has 17 heavy (non-hydrogen) atoms. The Morgan fingerprint density at radius 3 is 2.65 bits per heavy atom. The van der Waals surface area contributed by atoms with E-state index in [2.05, 4.69) is 13.8 Å². The average Bonchev–Trinajstić information content (AvgIpc) is 3.09. The van der Waals surface area contributed by atoms with Gasteiger partial charge in [-0.15, -0.1) is 0 Å². The van der Waals surface area contributed by atoms with Crippen molar-refractivity contribution in [3.8, 4) is 0 Å². The molecule has 0 N–H and O–H groups in total. The van der Waals surface area contributed by atoms with Gasteiger partial charge in [0.1, 0.15) is 11.7 Å². The molecule has 0 spiro atoms. The minimum atomic E-state index is -0.480. The molecule has 0 aromatic heterocycles. The second kappa shape index (κ2) is 4.25. The predicted molar refractivity (Wildman–Crippen MR) is 62.7 cm³/mol. The Bertz CT molecular complexity index is 313. The largest absolute Gasteiger partial charge is 0.457 e. The van der Waals surface area contributed by atoms with E-state index in [0.717, 1.165) is 19.3 Å². The molecule has 2 fully saturated rings. The highest BCUT2D eigenvalue weighted by Crippen LogP contribution is 2.44. The van der Waals surface area contributed by atoms with E-state index in [4.69, 9.17) is 14.2 Å². The van der Waals surface area contributed by atoms with E-state index in [1.165, 1.54) is 6.92 Å². The maximum Gasteiger partial charge on any atom is 0.303 e. The van der Waals surface area contributed by atoms with Gasteiger partial charge in [-0.1, -0.05) is 6.92 Å². The van der Waals surface area contributed by atoms with Crippen LogP contribution in [0.2, 0.25) is 0 Å². The second-order valence-electron chi connectivity index (χ2n) is 5.54. The van der Waals surface area contributed by atoms with Crippen molar-refractivity contribution in [1.29, 1.82) is 0 Å². The summed E-state index contributed by atoms with van der Waals surface area (Å²) in [5.74, 6) is -0.238. The van der Waals surface area contributed by atoms with Crippen LogP contribution in [-0.4, -0.2) is 36.0 Å². The van der Waals surface area contributed by atoms with Crippen LogP contribution in [0, 0.1) is 0 Å². The third-order valence-corrected chi connectivity index (χ3v) is 4.03. The van der Waals surface area contributed by atoms with Gasteiger partial charge >= 0.3 is 5.97 Å². The van der Waals surface area contributed by atoms with Crippen molar-refractivity contribution in [2.75, 3.05) is 6.61 Å². The van der Waals surface area contributed by atoms with E-state index in [1.54, 1.807) is 0 Å². The fourth-order valence-corrected chi connectivity index (χ4v) is 2.39. The number of ether oxygens (including phenoxy) is 3. The molecule has 4 unspecified atom stereocenters. The maximum absolute atomic E-state index is 11.1. The van der Waals surface area contributed by atoms with Crippen LogP contribution in [0.15, 0.2) is 0 Å². The van der Waals surface area contributed by atoms with Gasteiger partial charge in [0.05, 0.1) is 18.3 Å². The van der Waals surface area contributed by atoms with Crippen LogP contribution in [-0.2, 0) is 19.0 Å². The average molecular weight is 242 g/mol. The van der Waals surface area contributed by atoms with Crippen molar-refractivity contribution in [3.05, 3.63) is 0 Å². The molecule has 2 rings (SSSR count). The molecule has 0 bridgehead atoms. The van der Waals surface area contributed by atoms with Crippen LogP contribution in [0.4, 0.5) is 0 Å². The SMILES string of the molecule is CCC1(C)OC1CCC(C)(OC(C)=O)C1CO1. The van der Waals surface area contributed by atoms with E-state index in [9.17, 15) is 4.79 Å². The minimum absolute atomic E-state index is 0.0432. The summed E-state index contributed by atoms with van der Waals surface area (Å²) in [7, 11) is 0. The van der Waals surface area contributed by atoms with Crippen LogP contribution >= 0.6 is 0 Å². The zero-order chi connectivity index (χ0) is 12.7. The fourth-order valence-electron chi connectivity index (χ4n) is 2.39. The van der Waals surface area contributed by atoms with Gasteiger partial charge in [-0.3, -0.25) is 4.79 Å². The third-order valence-electron chi connectivity index (χ3n) is 4.03. The highest BCUT2D eigenvalue weighted by molar-refractivity contribution is 5.66. The number of esters is 1. The summed E-state index contributed by atoms with van der Waals surface area (Å²) in [6, 6.07) is 0. The number of carbonyl (C=O) groups excluding carboxylic acids is 1. The van der Waals surface area contributed by atoms with Gasteiger partial charge in [0, 0.05) is 6.92 Å². The first-order valence-corrected chi connectivity index (χ1v) is 6.38. The smallest absolute Gasteiger partial charge is 0.303 e. The first-order valence-electron chi connectivity index (χ1n) is 6.38. The number of rotatable bonds is 6. The maximum atomic E-state index is 11.1. The lowest BCUT2D eigenvalue weighted by molar-refractivity contribution is -0.158. The highest BCUT2D eigenvalue weighted by Gasteiger charge is 2.53. The van der Waals surface area contributed by atoms with Crippen molar-refractivity contribution < 1.29 is 19.0 Å². The lowest BCUT2D eigenvalue weighted by atomic mass is 9.92. The molecule has 2 saturated heterocycles. The van der Waals surface area contributed by atoms with Crippen molar-refractivity contribution in [1.82, 2.24) is 0 Å². The van der Waals surface area contributed by atoms with Crippen molar-refractivity contribution in [2.24, 2.45) is 0 Å². The summed E-state index contributed by atoms with van der Waals surface area (Å²) in [5, 5.41) is 0. The number of epoxide rings is 2. The van der Waals surface area contributed by atoms with Gasteiger partial charge in [-0.2, -0.15) is 0 Å². The van der Waals surface area contributed by atoms with Gasteiger partial charge in [0.25, 0.3) is 0 Å². The van der Waals surface area contributed by atoms with Crippen LogP contribution in [0.5, 0.6) is 0 Å². The zero-order valence-electron chi connectivity index (χ0n) is 11.1. The molecule has 0 aromatic rings. The molecule has 0 aromatic carbocycles. The molecule has 2 aliphatic heterocycles. The molecule has 4 heteroatoms. The molecule has 0 saturated carbocycles. The molecule has 0 amide bonds. The molecular weight excluding hydrogens is 220 g/mol. The second-order valence-corrected chi connectivity index (χ2v) is 5.54. The lowest BCUT2D eigenvalue weighted by Crippen LogP contribution is -2.37. The summed E-state index contributed by atoms with van der Waals surface area (Å²) >= 11 is 0. The number of hydrogen-bond donors (Lipinski definition) is 0. The van der Waals surface area contributed by atoms with Crippen molar-refractivity contribution in [2.45, 2.75) is 70.4 Å². The zero-order valence-corrected chi connectivity index (χ0v) is 11.1. The summed E-state index contributed by atoms with van der Waals surface area (Å²) in [4.78, 5) is 11.1. The Hall–Kier alpha value is -0.610. The Balaban J connectivity index is 1.84. The Morgan fingerprint density at radius 2 is 2.24 bits per heavy atom. The van der Waals surface area contributed by atoms with Crippen molar-refractivity contribution in [3.63, 3.8) is 0 Å². The molecule has 2 aliphatic rings. The topological polar surface area (TPSA) is 51.4 Å². The van der Waals surface area contributed by atoms with Gasteiger partial charge < -0.3 is 14.2 Å². The van der Waals surface area contributed by atoms with Crippen LogP contribution in [0.25, 0.3) is 0 Å². The number of carbonyl (C=O) groups is 1.